The Balaban J connectivity index is 1.80. The van der Waals surface area contributed by atoms with Crippen LogP contribution in [-0.2, 0) is 11.3 Å². The zero-order chi connectivity index (χ0) is 13.0. The number of carboxylic acids is 1. The van der Waals surface area contributed by atoms with Gasteiger partial charge in [-0.2, -0.15) is 0 Å². The lowest BCUT2D eigenvalue weighted by molar-refractivity contribution is -0.137. The molecule has 98 valence electrons. The second-order valence-electron chi connectivity index (χ2n) is 4.83. The highest BCUT2D eigenvalue weighted by Gasteiger charge is 2.22. The minimum Gasteiger partial charge on any atom is -0.481 e. The average Bonchev–Trinajstić information content (AvgIpc) is 2.74. The van der Waals surface area contributed by atoms with E-state index in [0.29, 0.717) is 12.5 Å². The molecule has 2 rings (SSSR count). The van der Waals surface area contributed by atoms with Gasteiger partial charge >= 0.3 is 5.97 Å². The lowest BCUT2D eigenvalue weighted by Gasteiger charge is -2.15. The third kappa shape index (κ3) is 3.77. The number of likely N-dealkylation sites (tertiary alicyclic amines) is 1. The van der Waals surface area contributed by atoms with Gasteiger partial charge in [-0.05, 0) is 36.9 Å². The summed E-state index contributed by atoms with van der Waals surface area (Å²) < 4.78 is 13.0. The SMILES string of the molecule is O=C(O)CCC1CCN(Cc2cncc(F)c2)C1. The van der Waals surface area contributed by atoms with Crippen LogP contribution in [0.2, 0.25) is 0 Å². The number of carbonyl (C=O) groups is 1. The molecule has 2 heterocycles. The highest BCUT2D eigenvalue weighted by Crippen LogP contribution is 2.22. The summed E-state index contributed by atoms with van der Waals surface area (Å²) in [7, 11) is 0. The molecule has 1 unspecified atom stereocenters. The Morgan fingerprint density at radius 3 is 3.11 bits per heavy atom. The first-order valence-electron chi connectivity index (χ1n) is 6.17. The van der Waals surface area contributed by atoms with Crippen molar-refractivity contribution in [2.75, 3.05) is 13.1 Å². The van der Waals surface area contributed by atoms with Crippen LogP contribution < -0.4 is 0 Å². The van der Waals surface area contributed by atoms with Crippen molar-refractivity contribution in [2.24, 2.45) is 5.92 Å². The summed E-state index contributed by atoms with van der Waals surface area (Å²) in [6, 6.07) is 1.50. The van der Waals surface area contributed by atoms with Crippen LogP contribution in [0, 0.1) is 11.7 Å². The lowest BCUT2D eigenvalue weighted by atomic mass is 10.0. The van der Waals surface area contributed by atoms with Gasteiger partial charge < -0.3 is 5.11 Å². The molecule has 4 nitrogen and oxygen atoms in total. The van der Waals surface area contributed by atoms with E-state index >= 15 is 0 Å². The van der Waals surface area contributed by atoms with Gasteiger partial charge in [-0.25, -0.2) is 4.39 Å². The number of halogens is 1. The molecule has 18 heavy (non-hydrogen) atoms. The molecule has 1 aromatic heterocycles. The van der Waals surface area contributed by atoms with Crippen LogP contribution in [0.3, 0.4) is 0 Å². The number of aliphatic carboxylic acids is 1. The minimum atomic E-state index is -0.734. The van der Waals surface area contributed by atoms with E-state index in [1.807, 2.05) is 0 Å². The van der Waals surface area contributed by atoms with Gasteiger partial charge in [-0.1, -0.05) is 0 Å². The smallest absolute Gasteiger partial charge is 0.303 e. The van der Waals surface area contributed by atoms with Crippen LogP contribution in [0.25, 0.3) is 0 Å². The fourth-order valence-electron chi connectivity index (χ4n) is 2.42. The molecule has 0 bridgehead atoms. The maximum absolute atomic E-state index is 13.0. The second-order valence-corrected chi connectivity index (χ2v) is 4.83. The molecule has 1 N–H and O–H groups in total. The summed E-state index contributed by atoms with van der Waals surface area (Å²) in [6.45, 7) is 2.53. The second kappa shape index (κ2) is 5.91. The molecule has 5 heteroatoms. The van der Waals surface area contributed by atoms with Gasteiger partial charge in [0, 0.05) is 25.7 Å². The highest BCUT2D eigenvalue weighted by molar-refractivity contribution is 5.66. The van der Waals surface area contributed by atoms with Gasteiger partial charge in [0.05, 0.1) is 6.20 Å². The summed E-state index contributed by atoms with van der Waals surface area (Å²) >= 11 is 0. The maximum atomic E-state index is 13.0. The molecular weight excluding hydrogens is 235 g/mol. The van der Waals surface area contributed by atoms with Crippen molar-refractivity contribution in [3.63, 3.8) is 0 Å². The molecule has 1 fully saturated rings. The molecular formula is C13H17FN2O2. The van der Waals surface area contributed by atoms with Crippen molar-refractivity contribution in [3.05, 3.63) is 29.8 Å². The summed E-state index contributed by atoms with van der Waals surface area (Å²) in [5.41, 5.74) is 0.869. The number of rotatable bonds is 5. The fraction of sp³-hybridized carbons (Fsp3) is 0.538. The molecule has 1 atom stereocenters. The predicted molar refractivity (Wildman–Crippen MR) is 64.4 cm³/mol. The first kappa shape index (κ1) is 13.0. The van der Waals surface area contributed by atoms with E-state index in [-0.39, 0.29) is 12.2 Å². The van der Waals surface area contributed by atoms with Crippen molar-refractivity contribution >= 4 is 5.97 Å². The van der Waals surface area contributed by atoms with Crippen LogP contribution >= 0.6 is 0 Å². The van der Waals surface area contributed by atoms with Crippen molar-refractivity contribution in [1.82, 2.24) is 9.88 Å². The van der Waals surface area contributed by atoms with Gasteiger partial charge in [0.25, 0.3) is 0 Å². The summed E-state index contributed by atoms with van der Waals surface area (Å²) in [6.07, 6.45) is 4.86. The Hall–Kier alpha value is -1.49. The maximum Gasteiger partial charge on any atom is 0.303 e. The first-order chi connectivity index (χ1) is 8.63. The Labute approximate surface area is 105 Å². The van der Waals surface area contributed by atoms with E-state index < -0.39 is 5.97 Å². The Morgan fingerprint density at radius 2 is 2.39 bits per heavy atom. The summed E-state index contributed by atoms with van der Waals surface area (Å²) in [4.78, 5) is 16.6. The number of aromatic nitrogens is 1. The molecule has 1 aliphatic heterocycles. The summed E-state index contributed by atoms with van der Waals surface area (Å²) in [5, 5.41) is 8.64. The first-order valence-corrected chi connectivity index (χ1v) is 6.17. The number of nitrogens with zero attached hydrogens (tertiary/aromatic N) is 2. The minimum absolute atomic E-state index is 0.236. The van der Waals surface area contributed by atoms with E-state index in [1.165, 1.54) is 12.3 Å². The van der Waals surface area contributed by atoms with Gasteiger partial charge in [-0.15, -0.1) is 0 Å². The lowest BCUT2D eigenvalue weighted by Crippen LogP contribution is -2.20. The molecule has 0 amide bonds. The zero-order valence-electron chi connectivity index (χ0n) is 10.2. The molecule has 1 saturated heterocycles. The molecule has 0 saturated carbocycles. The average molecular weight is 252 g/mol. The van der Waals surface area contributed by atoms with E-state index in [2.05, 4.69) is 9.88 Å². The number of pyridine rings is 1. The quantitative estimate of drug-likeness (QED) is 0.869. The van der Waals surface area contributed by atoms with Crippen LogP contribution in [0.15, 0.2) is 18.5 Å². The van der Waals surface area contributed by atoms with Gasteiger partial charge in [0.15, 0.2) is 0 Å². The van der Waals surface area contributed by atoms with E-state index in [4.69, 9.17) is 5.11 Å². The third-order valence-corrected chi connectivity index (χ3v) is 3.30. The number of hydrogen-bond acceptors (Lipinski definition) is 3. The van der Waals surface area contributed by atoms with Gasteiger partial charge in [0.1, 0.15) is 5.82 Å². The molecule has 0 aromatic carbocycles. The molecule has 0 spiro atoms. The van der Waals surface area contributed by atoms with E-state index in [9.17, 15) is 9.18 Å². The van der Waals surface area contributed by atoms with Crippen LogP contribution in [0.1, 0.15) is 24.8 Å². The largest absolute Gasteiger partial charge is 0.481 e. The van der Waals surface area contributed by atoms with Gasteiger partial charge in [0.2, 0.25) is 0 Å². The predicted octanol–water partition coefficient (Wildman–Crippen LogP) is 1.91. The number of carboxylic acid groups (broad SMARTS) is 1. The van der Waals surface area contributed by atoms with E-state index in [1.54, 1.807) is 6.20 Å². The zero-order valence-corrected chi connectivity index (χ0v) is 10.2. The Bertz CT molecular complexity index is 425. The van der Waals surface area contributed by atoms with Crippen molar-refractivity contribution in [2.45, 2.75) is 25.8 Å². The molecule has 1 aliphatic rings. The van der Waals surface area contributed by atoms with Crippen molar-refractivity contribution in [3.8, 4) is 0 Å². The monoisotopic (exact) mass is 252 g/mol. The van der Waals surface area contributed by atoms with Crippen molar-refractivity contribution < 1.29 is 14.3 Å². The van der Waals surface area contributed by atoms with Gasteiger partial charge in [-0.3, -0.25) is 14.7 Å². The van der Waals surface area contributed by atoms with Crippen molar-refractivity contribution in [1.29, 1.82) is 0 Å². The normalized spacial score (nSPS) is 20.2. The molecule has 1 aromatic rings. The Morgan fingerprint density at radius 1 is 1.56 bits per heavy atom. The number of hydrogen-bond donors (Lipinski definition) is 1. The van der Waals surface area contributed by atoms with E-state index in [0.717, 1.165) is 31.5 Å². The van der Waals surface area contributed by atoms with Crippen LogP contribution in [0.5, 0.6) is 0 Å². The topological polar surface area (TPSA) is 53.4 Å². The molecule has 0 radical (unpaired) electrons. The fourth-order valence-corrected chi connectivity index (χ4v) is 2.42. The summed E-state index contributed by atoms with van der Waals surface area (Å²) in [5.74, 6) is -0.598. The standard InChI is InChI=1S/C13H17FN2O2/c14-12-5-11(6-15-7-12)9-16-4-3-10(8-16)1-2-13(17)18/h5-7,10H,1-4,8-9H2,(H,17,18). The molecule has 0 aliphatic carbocycles. The highest BCUT2D eigenvalue weighted by atomic mass is 19.1. The Kier molecular flexibility index (Phi) is 4.25. The third-order valence-electron chi connectivity index (χ3n) is 3.30. The van der Waals surface area contributed by atoms with Crippen LogP contribution in [-0.4, -0.2) is 34.0 Å². The van der Waals surface area contributed by atoms with Crippen LogP contribution in [0.4, 0.5) is 4.39 Å².